The van der Waals surface area contributed by atoms with E-state index in [1.54, 1.807) is 24.3 Å². The van der Waals surface area contributed by atoms with Crippen molar-refractivity contribution in [2.24, 2.45) is 0 Å². The van der Waals surface area contributed by atoms with Gasteiger partial charge in [0, 0.05) is 6.26 Å². The molecule has 0 saturated heterocycles. The first kappa shape index (κ1) is 19.0. The number of hydrogen-bond donors (Lipinski definition) is 1. The van der Waals surface area contributed by atoms with E-state index in [2.05, 4.69) is 5.32 Å². The highest BCUT2D eigenvalue weighted by Crippen LogP contribution is 2.19. The summed E-state index contributed by atoms with van der Waals surface area (Å²) >= 11 is 0. The highest BCUT2D eigenvalue weighted by molar-refractivity contribution is 7.90. The first-order valence-electron chi connectivity index (χ1n) is 7.96. The van der Waals surface area contributed by atoms with Crippen molar-refractivity contribution in [1.29, 1.82) is 0 Å². The van der Waals surface area contributed by atoms with Crippen LogP contribution in [0.25, 0.3) is 0 Å². The van der Waals surface area contributed by atoms with Crippen LogP contribution in [0.2, 0.25) is 0 Å². The maximum absolute atomic E-state index is 12.1. The highest BCUT2D eigenvalue weighted by atomic mass is 32.2. The number of benzene rings is 2. The Bertz CT molecular complexity index is 857. The molecule has 0 bridgehead atoms. The van der Waals surface area contributed by atoms with Crippen molar-refractivity contribution in [2.45, 2.75) is 31.7 Å². The number of aryl methyl sites for hydroxylation is 2. The van der Waals surface area contributed by atoms with Crippen molar-refractivity contribution >= 4 is 15.7 Å². The third kappa shape index (κ3) is 5.32. The molecule has 0 spiro atoms. The zero-order valence-corrected chi connectivity index (χ0v) is 15.7. The van der Waals surface area contributed by atoms with Crippen molar-refractivity contribution in [3.8, 4) is 5.75 Å². The van der Waals surface area contributed by atoms with E-state index in [1.165, 1.54) is 0 Å². The van der Waals surface area contributed by atoms with Crippen LogP contribution in [-0.2, 0) is 14.6 Å². The molecule has 0 radical (unpaired) electrons. The van der Waals surface area contributed by atoms with Crippen LogP contribution in [-0.4, -0.2) is 27.2 Å². The summed E-state index contributed by atoms with van der Waals surface area (Å²) in [6.45, 7) is 5.70. The Hall–Kier alpha value is -2.34. The predicted octanol–water partition coefficient (Wildman–Crippen LogP) is 2.96. The number of rotatable bonds is 6. The summed E-state index contributed by atoms with van der Waals surface area (Å²) in [6.07, 6.45) is 1.16. The van der Waals surface area contributed by atoms with Crippen molar-refractivity contribution in [3.05, 3.63) is 59.2 Å². The molecule has 0 heterocycles. The molecule has 0 aliphatic carbocycles. The molecule has 0 saturated carbocycles. The summed E-state index contributed by atoms with van der Waals surface area (Å²) in [4.78, 5) is 12.3. The Morgan fingerprint density at radius 2 is 1.76 bits per heavy atom. The average molecular weight is 361 g/mol. The van der Waals surface area contributed by atoms with Crippen molar-refractivity contribution in [1.82, 2.24) is 5.32 Å². The SMILES string of the molecule is Cc1ccc(OCC(=O)N[C@@H](C)c2ccc(S(C)(=O)=O)cc2)c(C)c1. The number of hydrogen-bond acceptors (Lipinski definition) is 4. The molecule has 2 aromatic carbocycles. The van der Waals surface area contributed by atoms with Crippen LogP contribution in [0.4, 0.5) is 0 Å². The molecule has 25 heavy (non-hydrogen) atoms. The standard InChI is InChI=1S/C19H23NO4S/c1-13-5-10-18(14(2)11-13)24-12-19(21)20-15(3)16-6-8-17(9-7-16)25(4,22)23/h5-11,15H,12H2,1-4H3,(H,20,21)/t15-/m0/s1. The van der Waals surface area contributed by atoms with Crippen LogP contribution in [0.15, 0.2) is 47.4 Å². The van der Waals surface area contributed by atoms with E-state index in [9.17, 15) is 13.2 Å². The summed E-state index contributed by atoms with van der Waals surface area (Å²) in [6, 6.07) is 12.0. The van der Waals surface area contributed by atoms with Gasteiger partial charge in [-0.3, -0.25) is 4.79 Å². The Morgan fingerprint density at radius 1 is 1.12 bits per heavy atom. The van der Waals surface area contributed by atoms with Gasteiger partial charge >= 0.3 is 0 Å². The topological polar surface area (TPSA) is 72.5 Å². The minimum atomic E-state index is -3.22. The fourth-order valence-electron chi connectivity index (χ4n) is 2.47. The van der Waals surface area contributed by atoms with E-state index in [0.29, 0.717) is 5.75 Å². The zero-order chi connectivity index (χ0) is 18.6. The van der Waals surface area contributed by atoms with Gasteiger partial charge in [-0.2, -0.15) is 0 Å². The second kappa shape index (κ2) is 7.70. The van der Waals surface area contributed by atoms with E-state index in [0.717, 1.165) is 22.9 Å². The van der Waals surface area contributed by atoms with Gasteiger partial charge in [0.05, 0.1) is 10.9 Å². The second-order valence-electron chi connectivity index (χ2n) is 6.19. The molecule has 1 amide bonds. The second-order valence-corrected chi connectivity index (χ2v) is 8.20. The smallest absolute Gasteiger partial charge is 0.258 e. The van der Waals surface area contributed by atoms with Crippen LogP contribution in [0.1, 0.15) is 29.7 Å². The van der Waals surface area contributed by atoms with E-state index in [-0.39, 0.29) is 23.5 Å². The number of sulfone groups is 1. The van der Waals surface area contributed by atoms with Gasteiger partial charge in [0.1, 0.15) is 5.75 Å². The minimum absolute atomic E-state index is 0.0737. The number of carbonyl (C=O) groups is 1. The third-order valence-corrected chi connectivity index (χ3v) is 5.00. The fraction of sp³-hybridized carbons (Fsp3) is 0.316. The van der Waals surface area contributed by atoms with Crippen molar-refractivity contribution < 1.29 is 17.9 Å². The van der Waals surface area contributed by atoms with Gasteiger partial charge in [0.15, 0.2) is 16.4 Å². The molecule has 0 aliphatic heterocycles. The van der Waals surface area contributed by atoms with Crippen molar-refractivity contribution in [3.63, 3.8) is 0 Å². The summed E-state index contributed by atoms with van der Waals surface area (Å²) in [5.74, 6) is 0.450. The summed E-state index contributed by atoms with van der Waals surface area (Å²) in [7, 11) is -3.22. The van der Waals surface area contributed by atoms with Gasteiger partial charge in [0.25, 0.3) is 5.91 Å². The Morgan fingerprint density at radius 3 is 2.32 bits per heavy atom. The van der Waals surface area contributed by atoms with Crippen LogP contribution >= 0.6 is 0 Å². The molecular formula is C19H23NO4S. The van der Waals surface area contributed by atoms with Gasteiger partial charge in [-0.05, 0) is 50.1 Å². The molecule has 6 heteroatoms. The van der Waals surface area contributed by atoms with Crippen molar-refractivity contribution in [2.75, 3.05) is 12.9 Å². The zero-order valence-electron chi connectivity index (χ0n) is 14.9. The Kier molecular flexibility index (Phi) is 5.85. The summed E-state index contributed by atoms with van der Waals surface area (Å²) < 4.78 is 28.5. The van der Waals surface area contributed by atoms with Crippen LogP contribution in [0.5, 0.6) is 5.75 Å². The number of carbonyl (C=O) groups excluding carboxylic acids is 1. The lowest BCUT2D eigenvalue weighted by molar-refractivity contribution is -0.123. The molecular weight excluding hydrogens is 338 g/mol. The third-order valence-electron chi connectivity index (χ3n) is 3.87. The normalized spacial score (nSPS) is 12.5. The molecule has 2 rings (SSSR count). The monoisotopic (exact) mass is 361 g/mol. The quantitative estimate of drug-likeness (QED) is 0.858. The predicted molar refractivity (Wildman–Crippen MR) is 97.5 cm³/mol. The van der Waals surface area contributed by atoms with Gasteiger partial charge in [0.2, 0.25) is 0 Å². The molecule has 1 atom stereocenters. The molecule has 0 aliphatic rings. The lowest BCUT2D eigenvalue weighted by Crippen LogP contribution is -2.31. The van der Waals surface area contributed by atoms with E-state index < -0.39 is 9.84 Å². The molecule has 0 unspecified atom stereocenters. The van der Waals surface area contributed by atoms with E-state index in [4.69, 9.17) is 4.74 Å². The van der Waals surface area contributed by atoms with Gasteiger partial charge in [-0.25, -0.2) is 8.42 Å². The molecule has 0 aromatic heterocycles. The molecule has 5 nitrogen and oxygen atoms in total. The van der Waals surface area contributed by atoms with Gasteiger partial charge in [-0.15, -0.1) is 0 Å². The average Bonchev–Trinajstić information content (AvgIpc) is 2.53. The lowest BCUT2D eigenvalue weighted by Gasteiger charge is -2.16. The fourth-order valence-corrected chi connectivity index (χ4v) is 3.11. The van der Waals surface area contributed by atoms with Crippen LogP contribution in [0, 0.1) is 13.8 Å². The molecule has 134 valence electrons. The highest BCUT2D eigenvalue weighted by Gasteiger charge is 2.12. The Labute approximate surface area is 148 Å². The van der Waals surface area contributed by atoms with Crippen LogP contribution < -0.4 is 10.1 Å². The van der Waals surface area contributed by atoms with Gasteiger partial charge < -0.3 is 10.1 Å². The maximum Gasteiger partial charge on any atom is 0.258 e. The number of ether oxygens (including phenoxy) is 1. The van der Waals surface area contributed by atoms with E-state index in [1.807, 2.05) is 39.0 Å². The van der Waals surface area contributed by atoms with E-state index >= 15 is 0 Å². The number of amides is 1. The maximum atomic E-state index is 12.1. The lowest BCUT2D eigenvalue weighted by atomic mass is 10.1. The number of nitrogens with one attached hydrogen (secondary N) is 1. The molecule has 2 aromatic rings. The first-order chi connectivity index (χ1) is 11.7. The van der Waals surface area contributed by atoms with Gasteiger partial charge in [-0.1, -0.05) is 29.8 Å². The largest absolute Gasteiger partial charge is 0.484 e. The minimum Gasteiger partial charge on any atom is -0.484 e. The summed E-state index contributed by atoms with van der Waals surface area (Å²) in [5, 5.41) is 2.84. The summed E-state index contributed by atoms with van der Waals surface area (Å²) in [5.41, 5.74) is 2.95. The molecule has 0 fully saturated rings. The Balaban J connectivity index is 1.93. The van der Waals surface area contributed by atoms with Crippen LogP contribution in [0.3, 0.4) is 0 Å². The molecule has 1 N–H and O–H groups in total. The first-order valence-corrected chi connectivity index (χ1v) is 9.85.